The van der Waals surface area contributed by atoms with Crippen LogP contribution >= 0.6 is 0 Å². The van der Waals surface area contributed by atoms with Crippen LogP contribution < -0.4 is 16.0 Å². The Hall–Kier alpha value is -3.44. The van der Waals surface area contributed by atoms with Crippen LogP contribution in [-0.2, 0) is 9.53 Å². The molecule has 3 fully saturated rings. The molecule has 1 aromatic heterocycles. The molecule has 11 heteroatoms. The monoisotopic (exact) mass is 526 g/mol. The van der Waals surface area contributed by atoms with Crippen LogP contribution in [0.3, 0.4) is 0 Å². The van der Waals surface area contributed by atoms with Gasteiger partial charge in [0.25, 0.3) is 11.5 Å². The number of carbonyl (C=O) groups is 2. The molecule has 3 aliphatic heterocycles. The maximum absolute atomic E-state index is 13.2. The Morgan fingerprint density at radius 2 is 1.87 bits per heavy atom. The molecule has 0 bridgehead atoms. The summed E-state index contributed by atoms with van der Waals surface area (Å²) < 4.78 is 13.3. The summed E-state index contributed by atoms with van der Waals surface area (Å²) in [5.74, 6) is 0.741. The summed E-state index contributed by atoms with van der Waals surface area (Å²) in [4.78, 5) is 54.6. The van der Waals surface area contributed by atoms with Gasteiger partial charge in [-0.05, 0) is 50.5 Å². The van der Waals surface area contributed by atoms with Crippen LogP contribution in [0.1, 0.15) is 55.4 Å². The summed E-state index contributed by atoms with van der Waals surface area (Å²) in [5, 5.41) is 11.0. The smallest absolute Gasteiger partial charge is 0.328 e. The third kappa shape index (κ3) is 5.39. The highest BCUT2D eigenvalue weighted by molar-refractivity contribution is 5.94. The van der Waals surface area contributed by atoms with Crippen molar-refractivity contribution in [2.75, 3.05) is 39.4 Å². The van der Waals surface area contributed by atoms with Crippen molar-refractivity contribution in [2.24, 2.45) is 0 Å². The number of rotatable bonds is 6. The zero-order valence-electron chi connectivity index (χ0n) is 21.6. The van der Waals surface area contributed by atoms with Gasteiger partial charge < -0.3 is 24.4 Å². The summed E-state index contributed by atoms with van der Waals surface area (Å²) in [6.07, 6.45) is 4.45. The number of likely N-dealkylation sites (tertiary alicyclic amines) is 2. The van der Waals surface area contributed by atoms with Crippen LogP contribution in [0.2, 0.25) is 0 Å². The molecule has 0 saturated carbocycles. The van der Waals surface area contributed by atoms with Crippen LogP contribution in [0.15, 0.2) is 46.1 Å². The van der Waals surface area contributed by atoms with E-state index in [1.807, 2.05) is 0 Å². The van der Waals surface area contributed by atoms with Gasteiger partial charge >= 0.3 is 5.69 Å². The lowest BCUT2D eigenvalue weighted by molar-refractivity contribution is -0.199. The van der Waals surface area contributed by atoms with Gasteiger partial charge in [-0.3, -0.25) is 23.9 Å². The zero-order valence-corrected chi connectivity index (χ0v) is 21.6. The molecule has 0 aliphatic carbocycles. The average molecular weight is 527 g/mol. The van der Waals surface area contributed by atoms with Gasteiger partial charge in [0.05, 0.1) is 24.8 Å². The first-order valence-corrected chi connectivity index (χ1v) is 13.1. The number of amides is 2. The van der Waals surface area contributed by atoms with E-state index in [4.69, 9.17) is 9.47 Å². The number of hydrogen-bond acceptors (Lipinski definition) is 7. The number of carbonyl (C=O) groups excluding carboxylic acids is 2. The molecule has 4 heterocycles. The number of aliphatic hydroxyl groups is 1. The topological polar surface area (TPSA) is 134 Å². The maximum Gasteiger partial charge on any atom is 0.328 e. The van der Waals surface area contributed by atoms with E-state index < -0.39 is 28.5 Å². The van der Waals surface area contributed by atoms with Crippen molar-refractivity contribution >= 4 is 11.8 Å². The van der Waals surface area contributed by atoms with E-state index in [2.05, 4.69) is 4.98 Å². The van der Waals surface area contributed by atoms with Crippen LogP contribution in [0.25, 0.3) is 0 Å². The third-order valence-corrected chi connectivity index (χ3v) is 8.01. The normalized spacial score (nSPS) is 25.1. The highest BCUT2D eigenvalue weighted by atomic mass is 16.5. The number of aromatic amines is 1. The fourth-order valence-electron chi connectivity index (χ4n) is 5.65. The molecule has 11 nitrogen and oxygen atoms in total. The highest BCUT2D eigenvalue weighted by Crippen LogP contribution is 2.43. The second-order valence-corrected chi connectivity index (χ2v) is 10.7. The van der Waals surface area contributed by atoms with E-state index in [0.29, 0.717) is 63.2 Å². The Morgan fingerprint density at radius 1 is 1.13 bits per heavy atom. The third-order valence-electron chi connectivity index (χ3n) is 8.01. The first-order chi connectivity index (χ1) is 18.2. The van der Waals surface area contributed by atoms with Crippen molar-refractivity contribution in [1.82, 2.24) is 19.4 Å². The molecule has 3 saturated heterocycles. The predicted octanol–water partition coefficient (Wildman–Crippen LogP) is 0.925. The lowest BCUT2D eigenvalue weighted by Crippen LogP contribution is -2.58. The highest BCUT2D eigenvalue weighted by Gasteiger charge is 2.49. The van der Waals surface area contributed by atoms with Crippen molar-refractivity contribution in [3.63, 3.8) is 0 Å². The number of nitrogens with one attached hydrogen (secondary N) is 1. The second kappa shape index (κ2) is 10.4. The SMILES string of the molecule is C[C@]1(O)COC2(CCN(C(=O)c3ccc(OCCN4CCCC4=O)cc3)CC2)C[C@@H]1n1ccc(=O)[nH]c1=O. The quantitative estimate of drug-likeness (QED) is 0.572. The van der Waals surface area contributed by atoms with Crippen molar-refractivity contribution < 1.29 is 24.2 Å². The fraction of sp³-hybridized carbons (Fsp3) is 0.556. The van der Waals surface area contributed by atoms with E-state index in [1.54, 1.807) is 41.0 Å². The molecule has 2 aromatic rings. The van der Waals surface area contributed by atoms with Gasteiger partial charge in [-0.1, -0.05) is 0 Å². The number of aromatic nitrogens is 2. The molecular formula is C27H34N4O7. The number of H-pyrrole nitrogens is 1. The molecule has 0 radical (unpaired) electrons. The Morgan fingerprint density at radius 3 is 2.53 bits per heavy atom. The minimum absolute atomic E-state index is 0.0462. The molecule has 38 heavy (non-hydrogen) atoms. The lowest BCUT2D eigenvalue weighted by atomic mass is 9.77. The van der Waals surface area contributed by atoms with E-state index in [-0.39, 0.29) is 18.4 Å². The second-order valence-electron chi connectivity index (χ2n) is 10.7. The molecule has 5 rings (SSSR count). The Labute approximate surface area is 220 Å². The van der Waals surface area contributed by atoms with E-state index in [0.717, 1.165) is 13.0 Å². The van der Waals surface area contributed by atoms with E-state index in [9.17, 15) is 24.3 Å². The molecular weight excluding hydrogens is 492 g/mol. The largest absolute Gasteiger partial charge is 0.492 e. The predicted molar refractivity (Wildman–Crippen MR) is 137 cm³/mol. The van der Waals surface area contributed by atoms with Crippen LogP contribution in [0, 0.1) is 0 Å². The summed E-state index contributed by atoms with van der Waals surface area (Å²) in [7, 11) is 0. The number of piperidine rings is 1. The average Bonchev–Trinajstić information content (AvgIpc) is 3.31. The Balaban J connectivity index is 1.17. The Bertz CT molecular complexity index is 1290. The molecule has 3 aliphatic rings. The first kappa shape index (κ1) is 26.2. The van der Waals surface area contributed by atoms with Gasteiger partial charge in [0.2, 0.25) is 5.91 Å². The van der Waals surface area contributed by atoms with Crippen molar-refractivity contribution in [3.05, 3.63) is 62.9 Å². The van der Waals surface area contributed by atoms with Gasteiger partial charge in [0, 0.05) is 50.3 Å². The van der Waals surface area contributed by atoms with Crippen molar-refractivity contribution in [3.8, 4) is 5.75 Å². The van der Waals surface area contributed by atoms with Gasteiger partial charge in [-0.15, -0.1) is 0 Å². The van der Waals surface area contributed by atoms with E-state index in [1.165, 1.54) is 16.8 Å². The number of nitrogens with zero attached hydrogens (tertiary/aromatic N) is 3. The molecule has 1 aromatic carbocycles. The summed E-state index contributed by atoms with van der Waals surface area (Å²) in [6.45, 7) is 4.39. The van der Waals surface area contributed by atoms with Gasteiger partial charge in [-0.25, -0.2) is 4.79 Å². The summed E-state index contributed by atoms with van der Waals surface area (Å²) in [6, 6.07) is 7.73. The molecule has 204 valence electrons. The summed E-state index contributed by atoms with van der Waals surface area (Å²) >= 11 is 0. The standard InChI is InChI=1S/C27H34N4O7/c1-26(36)18-38-27(17-21(26)31-12-8-22(32)28-25(31)35)9-13-30(14-10-27)24(34)19-4-6-20(7-5-19)37-16-15-29-11-2-3-23(29)33/h4-8,12,21,36H,2-3,9-11,13-18H2,1H3,(H,28,32,35)/t21-,26-/m0/s1. The minimum Gasteiger partial charge on any atom is -0.492 e. The molecule has 0 unspecified atom stereocenters. The lowest BCUT2D eigenvalue weighted by Gasteiger charge is -2.51. The number of hydrogen-bond donors (Lipinski definition) is 2. The van der Waals surface area contributed by atoms with Gasteiger partial charge in [-0.2, -0.15) is 0 Å². The van der Waals surface area contributed by atoms with Crippen LogP contribution in [0.5, 0.6) is 5.75 Å². The van der Waals surface area contributed by atoms with Crippen LogP contribution in [-0.4, -0.2) is 86.9 Å². The number of ether oxygens (including phenoxy) is 2. The fourth-order valence-corrected chi connectivity index (χ4v) is 5.65. The first-order valence-electron chi connectivity index (χ1n) is 13.1. The minimum atomic E-state index is -1.28. The molecule has 2 amide bonds. The molecule has 1 spiro atoms. The Kier molecular flexibility index (Phi) is 7.15. The van der Waals surface area contributed by atoms with Crippen molar-refractivity contribution in [1.29, 1.82) is 0 Å². The number of benzene rings is 1. The molecule has 2 atom stereocenters. The molecule has 2 N–H and O–H groups in total. The van der Waals surface area contributed by atoms with E-state index >= 15 is 0 Å². The van der Waals surface area contributed by atoms with Gasteiger partial charge in [0.15, 0.2) is 0 Å². The summed E-state index contributed by atoms with van der Waals surface area (Å²) in [5.41, 5.74) is -2.35. The van der Waals surface area contributed by atoms with Gasteiger partial charge in [0.1, 0.15) is 18.0 Å². The zero-order chi connectivity index (χ0) is 26.9. The van der Waals surface area contributed by atoms with Crippen LogP contribution in [0.4, 0.5) is 0 Å². The van der Waals surface area contributed by atoms with Crippen molar-refractivity contribution in [2.45, 2.75) is 56.3 Å². The maximum atomic E-state index is 13.2.